The summed E-state index contributed by atoms with van der Waals surface area (Å²) in [7, 11) is 0. The largest absolute Gasteiger partial charge is 0.398 e. The van der Waals surface area contributed by atoms with Gasteiger partial charge in [0.1, 0.15) is 0 Å². The molecule has 0 aliphatic rings. The average molecular weight is 243 g/mol. The SMILES string of the molecule is CC(C)C(N)c1c(N)cccc1Br. The topological polar surface area (TPSA) is 52.0 Å². The maximum Gasteiger partial charge on any atom is 0.0373 e. The lowest BCUT2D eigenvalue weighted by molar-refractivity contribution is 0.514. The third-order valence-electron chi connectivity index (χ3n) is 2.14. The molecule has 0 bridgehead atoms. The summed E-state index contributed by atoms with van der Waals surface area (Å²) >= 11 is 3.46. The first-order chi connectivity index (χ1) is 6.04. The Morgan fingerprint density at radius 1 is 1.31 bits per heavy atom. The van der Waals surface area contributed by atoms with Gasteiger partial charge in [0.25, 0.3) is 0 Å². The van der Waals surface area contributed by atoms with Crippen molar-refractivity contribution >= 4 is 21.6 Å². The Morgan fingerprint density at radius 2 is 1.92 bits per heavy atom. The van der Waals surface area contributed by atoms with E-state index >= 15 is 0 Å². The van der Waals surface area contributed by atoms with E-state index in [1.54, 1.807) is 0 Å². The van der Waals surface area contributed by atoms with E-state index in [0.717, 1.165) is 15.7 Å². The molecule has 1 unspecified atom stereocenters. The summed E-state index contributed by atoms with van der Waals surface area (Å²) in [6.07, 6.45) is 0. The van der Waals surface area contributed by atoms with Crippen molar-refractivity contribution in [3.63, 3.8) is 0 Å². The van der Waals surface area contributed by atoms with Crippen LogP contribution in [-0.4, -0.2) is 0 Å². The van der Waals surface area contributed by atoms with Crippen molar-refractivity contribution < 1.29 is 0 Å². The van der Waals surface area contributed by atoms with Gasteiger partial charge in [-0.15, -0.1) is 0 Å². The Bertz CT molecular complexity index is 277. The standard InChI is InChI=1S/C10H15BrN2/c1-6(2)10(13)9-7(11)4-3-5-8(9)12/h3-6,10H,12-13H2,1-2H3. The predicted octanol–water partition coefficient (Wildman–Crippen LogP) is 2.69. The van der Waals surface area contributed by atoms with E-state index in [2.05, 4.69) is 29.8 Å². The van der Waals surface area contributed by atoms with E-state index in [0.29, 0.717) is 5.92 Å². The van der Waals surface area contributed by atoms with Crippen molar-refractivity contribution in [3.8, 4) is 0 Å². The number of hydrogen-bond donors (Lipinski definition) is 2. The molecule has 0 saturated carbocycles. The Labute approximate surface area is 87.4 Å². The van der Waals surface area contributed by atoms with Gasteiger partial charge in [0.2, 0.25) is 0 Å². The van der Waals surface area contributed by atoms with E-state index < -0.39 is 0 Å². The Balaban J connectivity index is 3.12. The summed E-state index contributed by atoms with van der Waals surface area (Å²) in [5.74, 6) is 0.390. The molecule has 3 heteroatoms. The highest BCUT2D eigenvalue weighted by Crippen LogP contribution is 2.31. The molecule has 0 saturated heterocycles. The van der Waals surface area contributed by atoms with E-state index in [-0.39, 0.29) is 6.04 Å². The van der Waals surface area contributed by atoms with Crippen LogP contribution in [0.1, 0.15) is 25.5 Å². The van der Waals surface area contributed by atoms with Gasteiger partial charge in [-0.05, 0) is 18.1 Å². The molecule has 0 heterocycles. The number of anilines is 1. The molecule has 2 nitrogen and oxygen atoms in total. The van der Waals surface area contributed by atoms with Crippen molar-refractivity contribution in [2.45, 2.75) is 19.9 Å². The number of hydrogen-bond acceptors (Lipinski definition) is 2. The van der Waals surface area contributed by atoms with Crippen LogP contribution in [0.15, 0.2) is 22.7 Å². The predicted molar refractivity (Wildman–Crippen MR) is 60.3 cm³/mol. The highest BCUT2D eigenvalue weighted by atomic mass is 79.9. The van der Waals surface area contributed by atoms with Crippen molar-refractivity contribution in [1.29, 1.82) is 0 Å². The summed E-state index contributed by atoms with van der Waals surface area (Å²) in [4.78, 5) is 0. The van der Waals surface area contributed by atoms with Gasteiger partial charge in [0, 0.05) is 21.8 Å². The Kier molecular flexibility index (Phi) is 3.33. The molecule has 1 rings (SSSR count). The molecular formula is C10H15BrN2. The molecule has 0 fully saturated rings. The first-order valence-corrected chi connectivity index (χ1v) is 5.12. The van der Waals surface area contributed by atoms with E-state index in [4.69, 9.17) is 11.5 Å². The summed E-state index contributed by atoms with van der Waals surface area (Å²) in [6, 6.07) is 5.75. The fourth-order valence-electron chi connectivity index (χ4n) is 1.24. The molecule has 1 atom stereocenters. The minimum atomic E-state index is -0.00410. The second kappa shape index (κ2) is 4.11. The number of nitrogen functional groups attached to an aromatic ring is 1. The van der Waals surface area contributed by atoms with Gasteiger partial charge >= 0.3 is 0 Å². The van der Waals surface area contributed by atoms with Crippen LogP contribution in [-0.2, 0) is 0 Å². The van der Waals surface area contributed by atoms with Crippen molar-refractivity contribution in [1.82, 2.24) is 0 Å². The summed E-state index contributed by atoms with van der Waals surface area (Å²) < 4.78 is 0.994. The second-order valence-electron chi connectivity index (χ2n) is 3.51. The molecule has 0 aromatic heterocycles. The first-order valence-electron chi connectivity index (χ1n) is 4.33. The van der Waals surface area contributed by atoms with Crippen LogP contribution in [0.3, 0.4) is 0 Å². The van der Waals surface area contributed by atoms with Crippen LogP contribution < -0.4 is 11.5 Å². The van der Waals surface area contributed by atoms with Crippen LogP contribution in [0.25, 0.3) is 0 Å². The Morgan fingerprint density at radius 3 is 2.38 bits per heavy atom. The zero-order valence-electron chi connectivity index (χ0n) is 7.92. The van der Waals surface area contributed by atoms with Gasteiger partial charge in [0.15, 0.2) is 0 Å². The molecule has 0 aliphatic carbocycles. The number of rotatable bonds is 2. The first kappa shape index (κ1) is 10.5. The van der Waals surface area contributed by atoms with Gasteiger partial charge < -0.3 is 11.5 Å². The van der Waals surface area contributed by atoms with Crippen molar-refractivity contribution in [3.05, 3.63) is 28.2 Å². The monoisotopic (exact) mass is 242 g/mol. The highest BCUT2D eigenvalue weighted by molar-refractivity contribution is 9.10. The smallest absolute Gasteiger partial charge is 0.0373 e. The lowest BCUT2D eigenvalue weighted by Gasteiger charge is -2.19. The van der Waals surface area contributed by atoms with Crippen molar-refractivity contribution in [2.75, 3.05) is 5.73 Å². The van der Waals surface area contributed by atoms with Gasteiger partial charge in [-0.2, -0.15) is 0 Å². The van der Waals surface area contributed by atoms with Gasteiger partial charge in [0.05, 0.1) is 0 Å². The molecule has 0 aliphatic heterocycles. The zero-order chi connectivity index (χ0) is 10.0. The van der Waals surface area contributed by atoms with Gasteiger partial charge in [-0.25, -0.2) is 0 Å². The Hall–Kier alpha value is -0.540. The maximum absolute atomic E-state index is 6.03. The number of benzene rings is 1. The third kappa shape index (κ3) is 2.23. The fourth-order valence-corrected chi connectivity index (χ4v) is 1.88. The molecule has 0 amide bonds. The van der Waals surface area contributed by atoms with Crippen LogP contribution in [0, 0.1) is 5.92 Å². The van der Waals surface area contributed by atoms with Crippen LogP contribution >= 0.6 is 15.9 Å². The number of halogens is 1. The summed E-state index contributed by atoms with van der Waals surface area (Å²) in [5.41, 5.74) is 13.7. The summed E-state index contributed by atoms with van der Waals surface area (Å²) in [6.45, 7) is 4.17. The molecule has 1 aromatic carbocycles. The van der Waals surface area contributed by atoms with Gasteiger partial charge in [-0.1, -0.05) is 35.8 Å². The summed E-state index contributed by atoms with van der Waals surface area (Å²) in [5, 5.41) is 0. The lowest BCUT2D eigenvalue weighted by atomic mass is 9.96. The third-order valence-corrected chi connectivity index (χ3v) is 2.83. The van der Waals surface area contributed by atoms with Crippen LogP contribution in [0.5, 0.6) is 0 Å². The second-order valence-corrected chi connectivity index (χ2v) is 4.37. The number of nitrogens with two attached hydrogens (primary N) is 2. The lowest BCUT2D eigenvalue weighted by Crippen LogP contribution is -2.18. The molecule has 0 radical (unpaired) electrons. The van der Waals surface area contributed by atoms with E-state index in [1.807, 2.05) is 18.2 Å². The maximum atomic E-state index is 6.03. The normalized spacial score (nSPS) is 13.3. The van der Waals surface area contributed by atoms with E-state index in [1.165, 1.54) is 0 Å². The highest BCUT2D eigenvalue weighted by Gasteiger charge is 2.15. The minimum Gasteiger partial charge on any atom is -0.398 e. The molecular weight excluding hydrogens is 228 g/mol. The van der Waals surface area contributed by atoms with Crippen LogP contribution in [0.4, 0.5) is 5.69 Å². The molecule has 13 heavy (non-hydrogen) atoms. The quantitative estimate of drug-likeness (QED) is 0.784. The minimum absolute atomic E-state index is 0.00410. The fraction of sp³-hybridized carbons (Fsp3) is 0.400. The van der Waals surface area contributed by atoms with Crippen molar-refractivity contribution in [2.24, 2.45) is 11.7 Å². The average Bonchev–Trinajstić information content (AvgIpc) is 2.03. The zero-order valence-corrected chi connectivity index (χ0v) is 9.51. The molecule has 0 spiro atoms. The van der Waals surface area contributed by atoms with Gasteiger partial charge in [-0.3, -0.25) is 0 Å². The molecule has 72 valence electrons. The van der Waals surface area contributed by atoms with E-state index in [9.17, 15) is 0 Å². The molecule has 4 N–H and O–H groups in total. The van der Waals surface area contributed by atoms with Crippen LogP contribution in [0.2, 0.25) is 0 Å². The molecule has 1 aromatic rings.